The molecule has 7 nitrogen and oxygen atoms in total. The van der Waals surface area contributed by atoms with E-state index in [1.54, 1.807) is 18.4 Å². The van der Waals surface area contributed by atoms with E-state index in [1.807, 2.05) is 25.1 Å². The van der Waals surface area contributed by atoms with Gasteiger partial charge in [-0.25, -0.2) is 4.68 Å². The van der Waals surface area contributed by atoms with Crippen LogP contribution in [0.15, 0.2) is 71.6 Å². The van der Waals surface area contributed by atoms with Gasteiger partial charge in [0.1, 0.15) is 12.1 Å². The first kappa shape index (κ1) is 18.6. The fourth-order valence-corrected chi connectivity index (χ4v) is 3.14. The highest BCUT2D eigenvalue weighted by Crippen LogP contribution is 2.25. The summed E-state index contributed by atoms with van der Waals surface area (Å²) < 4.78 is 6.92. The van der Waals surface area contributed by atoms with Gasteiger partial charge in [-0.05, 0) is 70.8 Å². The molecule has 7 heteroatoms. The maximum atomic E-state index is 12.9. The molecular formula is C22H21N5O2. The first-order chi connectivity index (χ1) is 14.1. The van der Waals surface area contributed by atoms with E-state index in [1.165, 1.54) is 16.6 Å². The van der Waals surface area contributed by atoms with Crippen LogP contribution in [0.25, 0.3) is 16.8 Å². The number of tetrazole rings is 1. The Bertz CT molecular complexity index is 1090. The largest absolute Gasteiger partial charge is 0.467 e. The maximum Gasteiger partial charge on any atom is 0.251 e. The molecule has 1 N–H and O–H groups in total. The Labute approximate surface area is 168 Å². The number of nitrogens with zero attached hydrogens (tertiary/aromatic N) is 4. The van der Waals surface area contributed by atoms with E-state index in [0.717, 1.165) is 17.5 Å². The van der Waals surface area contributed by atoms with Crippen molar-refractivity contribution in [3.8, 4) is 16.8 Å². The summed E-state index contributed by atoms with van der Waals surface area (Å²) >= 11 is 0. The molecule has 0 radical (unpaired) electrons. The molecule has 2 heterocycles. The number of carbonyl (C=O) groups excluding carboxylic acids is 1. The summed E-state index contributed by atoms with van der Waals surface area (Å²) in [4.78, 5) is 12.9. The number of hydrogen-bond donors (Lipinski definition) is 1. The topological polar surface area (TPSA) is 85.8 Å². The highest BCUT2D eigenvalue weighted by molar-refractivity contribution is 5.96. The SMILES string of the molecule is CCc1ccc(-c2cc(C(=O)NC(C)c3ccco3)cc(-n3cnnn3)c2)cc1. The Balaban J connectivity index is 1.70. The maximum absolute atomic E-state index is 12.9. The van der Waals surface area contributed by atoms with Crippen LogP contribution in [0.3, 0.4) is 0 Å². The van der Waals surface area contributed by atoms with Crippen LogP contribution in [0, 0.1) is 0 Å². The molecule has 1 atom stereocenters. The van der Waals surface area contributed by atoms with Crippen LogP contribution in [0.2, 0.25) is 0 Å². The van der Waals surface area contributed by atoms with Crippen LogP contribution < -0.4 is 5.32 Å². The molecule has 0 saturated heterocycles. The number of rotatable bonds is 6. The van der Waals surface area contributed by atoms with E-state index in [0.29, 0.717) is 17.0 Å². The fraction of sp³-hybridized carbons (Fsp3) is 0.182. The van der Waals surface area contributed by atoms with Crippen molar-refractivity contribution in [1.29, 1.82) is 0 Å². The summed E-state index contributed by atoms with van der Waals surface area (Å²) in [6.07, 6.45) is 4.07. The third-order valence-corrected chi connectivity index (χ3v) is 4.81. The van der Waals surface area contributed by atoms with Gasteiger partial charge in [-0.1, -0.05) is 31.2 Å². The second kappa shape index (κ2) is 8.10. The predicted octanol–water partition coefficient (Wildman–Crippen LogP) is 3.98. The normalized spacial score (nSPS) is 11.9. The number of aromatic nitrogens is 4. The lowest BCUT2D eigenvalue weighted by molar-refractivity contribution is 0.0935. The molecule has 1 unspecified atom stereocenters. The van der Waals surface area contributed by atoms with Gasteiger partial charge in [-0.3, -0.25) is 4.79 Å². The van der Waals surface area contributed by atoms with Gasteiger partial charge in [-0.2, -0.15) is 0 Å². The number of nitrogens with one attached hydrogen (secondary N) is 1. The van der Waals surface area contributed by atoms with Crippen molar-refractivity contribution in [2.75, 3.05) is 0 Å². The highest BCUT2D eigenvalue weighted by Gasteiger charge is 2.16. The molecular weight excluding hydrogens is 366 g/mol. The minimum atomic E-state index is -0.249. The quantitative estimate of drug-likeness (QED) is 0.541. The smallest absolute Gasteiger partial charge is 0.251 e. The lowest BCUT2D eigenvalue weighted by Crippen LogP contribution is -2.26. The van der Waals surface area contributed by atoms with Gasteiger partial charge in [0.25, 0.3) is 5.91 Å². The summed E-state index contributed by atoms with van der Waals surface area (Å²) in [6, 6.07) is 17.3. The summed E-state index contributed by atoms with van der Waals surface area (Å²) in [7, 11) is 0. The summed E-state index contributed by atoms with van der Waals surface area (Å²) in [5.74, 6) is 0.501. The molecule has 0 spiro atoms. The number of benzene rings is 2. The summed E-state index contributed by atoms with van der Waals surface area (Å²) in [6.45, 7) is 4.00. The van der Waals surface area contributed by atoms with Gasteiger partial charge >= 0.3 is 0 Å². The van der Waals surface area contributed by atoms with E-state index in [4.69, 9.17) is 4.42 Å². The van der Waals surface area contributed by atoms with Crippen molar-refractivity contribution in [3.63, 3.8) is 0 Å². The van der Waals surface area contributed by atoms with Gasteiger partial charge in [-0.15, -0.1) is 5.10 Å². The van der Waals surface area contributed by atoms with Crippen LogP contribution in [-0.2, 0) is 6.42 Å². The molecule has 146 valence electrons. The molecule has 0 aliphatic carbocycles. The van der Waals surface area contributed by atoms with Gasteiger partial charge < -0.3 is 9.73 Å². The minimum Gasteiger partial charge on any atom is -0.467 e. The van der Waals surface area contributed by atoms with E-state index < -0.39 is 0 Å². The second-order valence-electron chi connectivity index (χ2n) is 6.78. The Kier molecular flexibility index (Phi) is 5.20. The van der Waals surface area contributed by atoms with Crippen molar-refractivity contribution in [3.05, 3.63) is 84.1 Å². The zero-order chi connectivity index (χ0) is 20.2. The van der Waals surface area contributed by atoms with E-state index in [-0.39, 0.29) is 11.9 Å². The molecule has 4 aromatic rings. The van der Waals surface area contributed by atoms with E-state index >= 15 is 0 Å². The van der Waals surface area contributed by atoms with Gasteiger partial charge in [0, 0.05) is 5.56 Å². The van der Waals surface area contributed by atoms with Crippen molar-refractivity contribution < 1.29 is 9.21 Å². The minimum absolute atomic E-state index is 0.199. The third-order valence-electron chi connectivity index (χ3n) is 4.81. The molecule has 0 aliphatic rings. The van der Waals surface area contributed by atoms with Crippen LogP contribution in [-0.4, -0.2) is 26.1 Å². The Morgan fingerprint density at radius 3 is 2.62 bits per heavy atom. The third kappa shape index (κ3) is 4.08. The molecule has 0 fully saturated rings. The summed E-state index contributed by atoms with van der Waals surface area (Å²) in [5.41, 5.74) is 4.42. The number of amides is 1. The Hall–Kier alpha value is -3.74. The molecule has 0 bridgehead atoms. The van der Waals surface area contributed by atoms with Crippen molar-refractivity contribution in [1.82, 2.24) is 25.5 Å². The monoisotopic (exact) mass is 387 g/mol. The van der Waals surface area contributed by atoms with E-state index in [2.05, 4.69) is 52.0 Å². The van der Waals surface area contributed by atoms with Crippen molar-refractivity contribution in [2.45, 2.75) is 26.3 Å². The lowest BCUT2D eigenvalue weighted by atomic mass is 9.99. The fourth-order valence-electron chi connectivity index (χ4n) is 3.14. The highest BCUT2D eigenvalue weighted by atomic mass is 16.3. The lowest BCUT2D eigenvalue weighted by Gasteiger charge is -2.14. The summed E-state index contributed by atoms with van der Waals surface area (Å²) in [5, 5.41) is 14.3. The number of hydrogen-bond acceptors (Lipinski definition) is 5. The molecule has 0 aliphatic heterocycles. The zero-order valence-corrected chi connectivity index (χ0v) is 16.2. The second-order valence-corrected chi connectivity index (χ2v) is 6.78. The number of furan rings is 1. The molecule has 29 heavy (non-hydrogen) atoms. The average Bonchev–Trinajstić information content (AvgIpc) is 3.47. The first-order valence-corrected chi connectivity index (χ1v) is 9.46. The molecule has 4 rings (SSSR count). The molecule has 2 aromatic carbocycles. The zero-order valence-electron chi connectivity index (χ0n) is 16.2. The predicted molar refractivity (Wildman–Crippen MR) is 109 cm³/mol. The van der Waals surface area contributed by atoms with Crippen LogP contribution in [0.5, 0.6) is 0 Å². The van der Waals surface area contributed by atoms with Crippen LogP contribution >= 0.6 is 0 Å². The Morgan fingerprint density at radius 2 is 1.97 bits per heavy atom. The van der Waals surface area contributed by atoms with Crippen molar-refractivity contribution >= 4 is 5.91 Å². The van der Waals surface area contributed by atoms with Gasteiger partial charge in [0.15, 0.2) is 0 Å². The van der Waals surface area contributed by atoms with Crippen LogP contribution in [0.4, 0.5) is 0 Å². The van der Waals surface area contributed by atoms with Crippen LogP contribution in [0.1, 0.15) is 41.6 Å². The number of carbonyl (C=O) groups is 1. The van der Waals surface area contributed by atoms with Gasteiger partial charge in [0.05, 0.1) is 18.0 Å². The molecule has 2 aromatic heterocycles. The van der Waals surface area contributed by atoms with E-state index in [9.17, 15) is 4.79 Å². The molecule has 0 saturated carbocycles. The van der Waals surface area contributed by atoms with Gasteiger partial charge in [0.2, 0.25) is 0 Å². The Morgan fingerprint density at radius 1 is 1.14 bits per heavy atom. The first-order valence-electron chi connectivity index (χ1n) is 9.46. The standard InChI is InChI=1S/C22H21N5O2/c1-3-16-6-8-17(9-7-16)18-11-19(13-20(12-18)27-14-23-25-26-27)22(28)24-15(2)21-5-4-10-29-21/h4-15H,3H2,1-2H3,(H,24,28). The van der Waals surface area contributed by atoms with Crippen molar-refractivity contribution in [2.24, 2.45) is 0 Å². The molecule has 1 amide bonds. The number of aryl methyl sites for hydroxylation is 1. The average molecular weight is 387 g/mol.